The van der Waals surface area contributed by atoms with Crippen molar-refractivity contribution in [3.8, 4) is 0 Å². The van der Waals surface area contributed by atoms with Crippen LogP contribution in [0.3, 0.4) is 0 Å². The van der Waals surface area contributed by atoms with E-state index in [4.69, 9.17) is 5.73 Å². The van der Waals surface area contributed by atoms with E-state index >= 15 is 0 Å². The fourth-order valence-corrected chi connectivity index (χ4v) is 5.03. The number of fused-ring (bicyclic) bond motifs is 1. The van der Waals surface area contributed by atoms with Crippen LogP contribution in [0.2, 0.25) is 0 Å². The molecule has 0 spiro atoms. The van der Waals surface area contributed by atoms with Gasteiger partial charge in [-0.1, -0.05) is 12.1 Å². The smallest absolute Gasteiger partial charge is 0.273 e. The van der Waals surface area contributed by atoms with Gasteiger partial charge in [0, 0.05) is 12.2 Å². The summed E-state index contributed by atoms with van der Waals surface area (Å²) in [4.78, 5) is 0. The molecule has 3 rings (SSSR count). The van der Waals surface area contributed by atoms with Gasteiger partial charge in [0.05, 0.1) is 5.69 Å². The Labute approximate surface area is 116 Å². The van der Waals surface area contributed by atoms with Crippen molar-refractivity contribution in [1.82, 2.24) is 0 Å². The molecule has 4 nitrogen and oxygen atoms in total. The first-order valence-corrected chi connectivity index (χ1v) is 8.36. The Bertz CT molecular complexity index is 693. The maximum atomic E-state index is 12.6. The van der Waals surface area contributed by atoms with Crippen molar-refractivity contribution in [3.63, 3.8) is 0 Å². The number of benzene rings is 1. The van der Waals surface area contributed by atoms with Crippen molar-refractivity contribution in [2.45, 2.75) is 17.1 Å². The number of thiophene rings is 1. The van der Waals surface area contributed by atoms with E-state index in [2.05, 4.69) is 0 Å². The van der Waals surface area contributed by atoms with Gasteiger partial charge in [-0.15, -0.1) is 11.3 Å². The summed E-state index contributed by atoms with van der Waals surface area (Å²) in [7, 11) is -3.45. The van der Waals surface area contributed by atoms with Crippen molar-refractivity contribution in [3.05, 3.63) is 41.3 Å². The Hall–Kier alpha value is -1.53. The van der Waals surface area contributed by atoms with Crippen LogP contribution in [0.4, 0.5) is 11.4 Å². The Kier molecular flexibility index (Phi) is 2.99. The van der Waals surface area contributed by atoms with Crippen LogP contribution in [-0.2, 0) is 16.4 Å². The summed E-state index contributed by atoms with van der Waals surface area (Å²) in [6.45, 7) is 0.511. The van der Waals surface area contributed by atoms with E-state index in [0.717, 1.165) is 24.1 Å². The standard InChI is InChI=1S/C13H14N2O2S2/c14-11-5-1-6-12-10(11)4-2-8-15(12)19(16,17)13-7-3-9-18-13/h1,3,5-7,9H,2,4,8,14H2. The molecule has 0 unspecified atom stereocenters. The zero-order valence-corrected chi connectivity index (χ0v) is 11.9. The minimum Gasteiger partial charge on any atom is -0.398 e. The molecule has 0 fully saturated rings. The van der Waals surface area contributed by atoms with E-state index in [1.54, 1.807) is 23.6 Å². The van der Waals surface area contributed by atoms with Crippen LogP contribution >= 0.6 is 11.3 Å². The van der Waals surface area contributed by atoms with Crippen LogP contribution in [0.5, 0.6) is 0 Å². The Morgan fingerprint density at radius 2 is 2.05 bits per heavy atom. The van der Waals surface area contributed by atoms with E-state index in [9.17, 15) is 8.42 Å². The molecule has 6 heteroatoms. The fourth-order valence-electron chi connectivity index (χ4n) is 2.39. The van der Waals surface area contributed by atoms with Crippen molar-refractivity contribution < 1.29 is 8.42 Å². The molecule has 2 heterocycles. The number of nitrogens with zero attached hydrogens (tertiary/aromatic N) is 1. The second-order valence-corrected chi connectivity index (χ2v) is 7.49. The molecule has 1 aromatic carbocycles. The van der Waals surface area contributed by atoms with Gasteiger partial charge in [0.25, 0.3) is 10.0 Å². The third-order valence-electron chi connectivity index (χ3n) is 3.28. The Morgan fingerprint density at radius 3 is 2.79 bits per heavy atom. The van der Waals surface area contributed by atoms with Gasteiger partial charge in [0.1, 0.15) is 4.21 Å². The lowest BCUT2D eigenvalue weighted by Crippen LogP contribution is -2.35. The summed E-state index contributed by atoms with van der Waals surface area (Å²) in [6, 6.07) is 8.84. The lowest BCUT2D eigenvalue weighted by atomic mass is 10.0. The minimum absolute atomic E-state index is 0.378. The molecule has 0 radical (unpaired) electrons. The van der Waals surface area contributed by atoms with Gasteiger partial charge in [-0.2, -0.15) is 0 Å². The molecule has 2 N–H and O–H groups in total. The van der Waals surface area contributed by atoms with E-state index in [1.165, 1.54) is 15.6 Å². The number of nitrogens with two attached hydrogens (primary N) is 1. The fraction of sp³-hybridized carbons (Fsp3) is 0.231. The van der Waals surface area contributed by atoms with Gasteiger partial charge >= 0.3 is 0 Å². The number of anilines is 2. The molecule has 0 saturated heterocycles. The van der Waals surface area contributed by atoms with Crippen LogP contribution in [-0.4, -0.2) is 15.0 Å². The third kappa shape index (κ3) is 2.01. The maximum absolute atomic E-state index is 12.6. The molecule has 1 aromatic heterocycles. The first-order chi connectivity index (χ1) is 9.10. The quantitative estimate of drug-likeness (QED) is 0.865. The summed E-state index contributed by atoms with van der Waals surface area (Å²) in [6.07, 6.45) is 1.63. The second-order valence-electron chi connectivity index (χ2n) is 4.46. The van der Waals surface area contributed by atoms with Crippen molar-refractivity contribution in [2.24, 2.45) is 0 Å². The molecule has 100 valence electrons. The topological polar surface area (TPSA) is 63.4 Å². The number of sulfonamides is 1. The predicted molar refractivity (Wildman–Crippen MR) is 78.0 cm³/mol. The average Bonchev–Trinajstić information content (AvgIpc) is 2.93. The predicted octanol–water partition coefficient (Wildman–Crippen LogP) is 2.47. The van der Waals surface area contributed by atoms with Crippen LogP contribution in [0.1, 0.15) is 12.0 Å². The van der Waals surface area contributed by atoms with E-state index in [1.807, 2.05) is 12.1 Å². The molecule has 0 bridgehead atoms. The van der Waals surface area contributed by atoms with Gasteiger partial charge in [0.15, 0.2) is 0 Å². The van der Waals surface area contributed by atoms with Gasteiger partial charge in [-0.05, 0) is 42.0 Å². The minimum atomic E-state index is -3.45. The summed E-state index contributed by atoms with van der Waals surface area (Å²) < 4.78 is 27.1. The van der Waals surface area contributed by atoms with Crippen molar-refractivity contribution >= 4 is 32.7 Å². The average molecular weight is 294 g/mol. The molecular weight excluding hydrogens is 280 g/mol. The summed E-state index contributed by atoms with van der Waals surface area (Å²) in [5.41, 5.74) is 8.28. The molecule has 2 aromatic rings. The number of nitrogen functional groups attached to an aromatic ring is 1. The van der Waals surface area contributed by atoms with E-state index in [-0.39, 0.29) is 0 Å². The van der Waals surface area contributed by atoms with Crippen molar-refractivity contribution in [1.29, 1.82) is 0 Å². The highest BCUT2D eigenvalue weighted by molar-refractivity contribution is 7.94. The van der Waals surface area contributed by atoms with Gasteiger partial charge in [-0.3, -0.25) is 4.31 Å². The van der Waals surface area contributed by atoms with Crippen LogP contribution < -0.4 is 10.0 Å². The van der Waals surface area contributed by atoms with Gasteiger partial charge < -0.3 is 5.73 Å². The Morgan fingerprint density at radius 1 is 1.21 bits per heavy atom. The van der Waals surface area contributed by atoms with Gasteiger partial charge in [-0.25, -0.2) is 8.42 Å². The molecule has 0 atom stereocenters. The number of hydrogen-bond donors (Lipinski definition) is 1. The molecule has 0 saturated carbocycles. The molecule has 0 aliphatic carbocycles. The maximum Gasteiger partial charge on any atom is 0.273 e. The molecule has 19 heavy (non-hydrogen) atoms. The number of hydrogen-bond acceptors (Lipinski definition) is 4. The molecular formula is C13H14N2O2S2. The Balaban J connectivity index is 2.13. The third-order valence-corrected chi connectivity index (χ3v) is 6.47. The largest absolute Gasteiger partial charge is 0.398 e. The normalized spacial score (nSPS) is 15.3. The highest BCUT2D eigenvalue weighted by atomic mass is 32.2. The lowest BCUT2D eigenvalue weighted by Gasteiger charge is -2.30. The second kappa shape index (κ2) is 4.54. The lowest BCUT2D eigenvalue weighted by molar-refractivity contribution is 0.588. The number of rotatable bonds is 2. The van der Waals surface area contributed by atoms with Crippen molar-refractivity contribution in [2.75, 3.05) is 16.6 Å². The van der Waals surface area contributed by atoms with E-state index < -0.39 is 10.0 Å². The first-order valence-electron chi connectivity index (χ1n) is 6.04. The highest BCUT2D eigenvalue weighted by Crippen LogP contribution is 2.35. The zero-order valence-electron chi connectivity index (χ0n) is 10.2. The highest BCUT2D eigenvalue weighted by Gasteiger charge is 2.30. The zero-order chi connectivity index (χ0) is 13.5. The van der Waals surface area contributed by atoms with E-state index in [0.29, 0.717) is 16.4 Å². The molecule has 1 aliphatic rings. The molecule has 1 aliphatic heterocycles. The van der Waals surface area contributed by atoms with Crippen LogP contribution in [0, 0.1) is 0 Å². The SMILES string of the molecule is Nc1cccc2c1CCCN2S(=O)(=O)c1cccs1. The summed E-state index contributed by atoms with van der Waals surface area (Å²) in [5, 5.41) is 1.77. The van der Waals surface area contributed by atoms with Crippen LogP contribution in [0.15, 0.2) is 39.9 Å². The van der Waals surface area contributed by atoms with Crippen LogP contribution in [0.25, 0.3) is 0 Å². The van der Waals surface area contributed by atoms with Gasteiger partial charge in [0.2, 0.25) is 0 Å². The summed E-state index contributed by atoms with van der Waals surface area (Å²) in [5.74, 6) is 0. The molecule has 0 amide bonds. The summed E-state index contributed by atoms with van der Waals surface area (Å²) >= 11 is 1.24. The first kappa shape index (κ1) is 12.5. The monoisotopic (exact) mass is 294 g/mol.